The van der Waals surface area contributed by atoms with E-state index in [-0.39, 0.29) is 22.5 Å². The van der Waals surface area contributed by atoms with E-state index < -0.39 is 25.7 Å². The number of halogens is 1. The van der Waals surface area contributed by atoms with Gasteiger partial charge in [-0.3, -0.25) is 4.55 Å². The van der Waals surface area contributed by atoms with Crippen LogP contribution in [0, 0.1) is 0 Å². The molecule has 0 radical (unpaired) electrons. The van der Waals surface area contributed by atoms with Crippen molar-refractivity contribution in [2.24, 2.45) is 0 Å². The van der Waals surface area contributed by atoms with Gasteiger partial charge in [-0.25, -0.2) is 8.42 Å². The Balaban J connectivity index is 1.50. The number of allylic oxidation sites excluding steroid dienone is 8. The summed E-state index contributed by atoms with van der Waals surface area (Å²) in [6.07, 6.45) is 14.0. The average molecular weight is 727 g/mol. The van der Waals surface area contributed by atoms with Crippen LogP contribution in [0.1, 0.15) is 90.7 Å². The van der Waals surface area contributed by atoms with Gasteiger partial charge in [0, 0.05) is 52.5 Å². The molecule has 0 saturated heterocycles. The molecule has 8 nitrogen and oxygen atoms in total. The number of rotatable bonds is 12. The van der Waals surface area contributed by atoms with Crippen LogP contribution in [0.3, 0.4) is 0 Å². The first-order valence-electron chi connectivity index (χ1n) is 17.0. The first-order valence-corrected chi connectivity index (χ1v) is 20.4. The largest absolute Gasteiger partial charge is 0.744 e. The van der Waals surface area contributed by atoms with E-state index in [9.17, 15) is 25.9 Å². The molecule has 1 aliphatic carbocycles. The van der Waals surface area contributed by atoms with Crippen LogP contribution in [-0.2, 0) is 31.1 Å². The summed E-state index contributed by atoms with van der Waals surface area (Å²) >= 11 is 7.12. The van der Waals surface area contributed by atoms with E-state index in [1.165, 1.54) is 29.1 Å². The van der Waals surface area contributed by atoms with Crippen molar-refractivity contribution >= 4 is 48.9 Å². The Hall–Kier alpha value is -3.02. The molecule has 264 valence electrons. The molecule has 11 heteroatoms. The van der Waals surface area contributed by atoms with Crippen LogP contribution >= 0.6 is 11.6 Å². The molecule has 5 rings (SSSR count). The predicted octanol–water partition coefficient (Wildman–Crippen LogP) is 8.28. The summed E-state index contributed by atoms with van der Waals surface area (Å²) in [7, 11) is -8.75. The van der Waals surface area contributed by atoms with Gasteiger partial charge >= 0.3 is 0 Å². The fourth-order valence-corrected chi connectivity index (χ4v) is 8.75. The van der Waals surface area contributed by atoms with Gasteiger partial charge in [0.05, 0.1) is 16.1 Å². The minimum absolute atomic E-state index is 0.148. The van der Waals surface area contributed by atoms with Gasteiger partial charge in [0.15, 0.2) is 5.71 Å². The van der Waals surface area contributed by atoms with Gasteiger partial charge in [-0.2, -0.15) is 13.0 Å². The van der Waals surface area contributed by atoms with Crippen LogP contribution in [0.5, 0.6) is 0 Å². The summed E-state index contributed by atoms with van der Waals surface area (Å²) in [5.74, 6) is -0.344. The molecule has 2 aromatic carbocycles. The summed E-state index contributed by atoms with van der Waals surface area (Å²) in [6, 6.07) is 13.0. The highest BCUT2D eigenvalue weighted by Crippen LogP contribution is 2.49. The lowest BCUT2D eigenvalue weighted by Crippen LogP contribution is -2.28. The maximum absolute atomic E-state index is 11.9. The fraction of sp³-hybridized carbons (Fsp3) is 0.447. The van der Waals surface area contributed by atoms with Crippen LogP contribution in [0.25, 0.3) is 0 Å². The third kappa shape index (κ3) is 7.84. The molecule has 2 aliphatic heterocycles. The smallest absolute Gasteiger partial charge is 0.264 e. The number of fused-ring (bicyclic) bond motifs is 2. The molecule has 0 aromatic heterocycles. The van der Waals surface area contributed by atoms with Crippen LogP contribution in [0.4, 0.5) is 11.4 Å². The Morgan fingerprint density at radius 2 is 1.67 bits per heavy atom. The van der Waals surface area contributed by atoms with Crippen molar-refractivity contribution in [3.63, 3.8) is 0 Å². The Morgan fingerprint density at radius 3 is 2.37 bits per heavy atom. The van der Waals surface area contributed by atoms with Crippen LogP contribution < -0.4 is 4.90 Å². The fourth-order valence-electron chi connectivity index (χ4n) is 7.37. The molecule has 0 spiro atoms. The van der Waals surface area contributed by atoms with E-state index in [0.717, 1.165) is 66.2 Å². The third-order valence-corrected chi connectivity index (χ3v) is 12.2. The lowest BCUT2D eigenvalue weighted by atomic mass is 9.81. The van der Waals surface area contributed by atoms with Crippen LogP contribution in [0.15, 0.2) is 93.5 Å². The van der Waals surface area contributed by atoms with Crippen LogP contribution in [-0.4, -0.2) is 55.1 Å². The monoisotopic (exact) mass is 726 g/mol. The highest BCUT2D eigenvalue weighted by molar-refractivity contribution is 7.86. The molecule has 49 heavy (non-hydrogen) atoms. The Labute approximate surface area is 297 Å². The lowest BCUT2D eigenvalue weighted by Gasteiger charge is -2.27. The Morgan fingerprint density at radius 1 is 0.939 bits per heavy atom. The van der Waals surface area contributed by atoms with Crippen molar-refractivity contribution in [3.8, 4) is 0 Å². The van der Waals surface area contributed by atoms with Gasteiger partial charge in [0.2, 0.25) is 5.69 Å². The zero-order valence-electron chi connectivity index (χ0n) is 29.0. The highest BCUT2D eigenvalue weighted by atomic mass is 35.5. The van der Waals surface area contributed by atoms with Gasteiger partial charge in [0.1, 0.15) is 16.7 Å². The zero-order chi connectivity index (χ0) is 35.8. The molecule has 0 unspecified atom stereocenters. The standard InChI is InChI=1S/C38H47ClN2O6S2/c1-6-7-23-40-32-16-9-8-15-30(32)37(2,3)34(40)21-17-27-13-12-14-28(36(27)39)18-22-35-38(4,5)31-26-29(49(45,46)47)19-20-33(31)41(35)24-10-11-25-48(42,43)44/h8-9,15-22,26H,6-7,10-14,23-25H2,1-5H3,(H-,42,43,44,45,46,47). The van der Waals surface area contributed by atoms with Crippen molar-refractivity contribution in [2.75, 3.05) is 23.7 Å². The number of nitrogens with zero attached hydrogens (tertiary/aromatic N) is 2. The number of anilines is 1. The summed E-state index contributed by atoms with van der Waals surface area (Å²) in [4.78, 5) is 1.75. The molecule has 1 N–H and O–H groups in total. The van der Waals surface area contributed by atoms with Gasteiger partial charge < -0.3 is 9.45 Å². The molecule has 0 saturated carbocycles. The second-order valence-electron chi connectivity index (χ2n) is 14.2. The highest BCUT2D eigenvalue weighted by Gasteiger charge is 2.44. The lowest BCUT2D eigenvalue weighted by molar-refractivity contribution is -0.438. The first kappa shape index (κ1) is 37.2. The van der Waals surface area contributed by atoms with Crippen molar-refractivity contribution in [3.05, 3.63) is 99.8 Å². The predicted molar refractivity (Wildman–Crippen MR) is 197 cm³/mol. The maximum atomic E-state index is 11.9. The molecule has 3 aliphatic rings. The van der Waals surface area contributed by atoms with Gasteiger partial charge in [-0.1, -0.05) is 69.1 Å². The van der Waals surface area contributed by atoms with Crippen molar-refractivity contribution < 1.29 is 30.5 Å². The zero-order valence-corrected chi connectivity index (χ0v) is 31.4. The van der Waals surface area contributed by atoms with E-state index in [0.29, 0.717) is 18.5 Å². The minimum Gasteiger partial charge on any atom is -0.744 e. The SMILES string of the molecule is CCCC[N+]1=C(/C=C/C2=C(Cl)C(=C/C=C3/N(CCCCS(=O)(=O)O)c4ccc(S(=O)(=O)[O-])cc4C3(C)C)/CCC2)C(C)(C)c2ccccc21. The van der Waals surface area contributed by atoms with E-state index >= 15 is 0 Å². The van der Waals surface area contributed by atoms with Gasteiger partial charge in [0.25, 0.3) is 10.1 Å². The molecule has 2 aromatic rings. The van der Waals surface area contributed by atoms with E-state index in [1.54, 1.807) is 6.07 Å². The number of benzene rings is 2. The Bertz CT molecular complexity index is 2000. The molecular formula is C38H47ClN2O6S2. The summed E-state index contributed by atoms with van der Waals surface area (Å²) in [5, 5.41) is 0.723. The Kier molecular flexibility index (Phi) is 10.9. The number of hydrogen-bond donors (Lipinski definition) is 1. The topological polar surface area (TPSA) is 118 Å². The molecular weight excluding hydrogens is 680 g/mol. The number of unbranched alkanes of at least 4 members (excludes halogenated alkanes) is 2. The number of para-hydroxylation sites is 1. The number of hydrogen-bond acceptors (Lipinski definition) is 6. The molecule has 0 amide bonds. The van der Waals surface area contributed by atoms with Crippen molar-refractivity contribution in [1.29, 1.82) is 0 Å². The molecule has 2 heterocycles. The minimum atomic E-state index is -4.66. The molecule has 0 atom stereocenters. The molecule has 0 bridgehead atoms. The van der Waals surface area contributed by atoms with E-state index in [1.807, 2.05) is 30.9 Å². The molecule has 0 fully saturated rings. The van der Waals surface area contributed by atoms with Crippen molar-refractivity contribution in [2.45, 2.75) is 95.3 Å². The summed E-state index contributed by atoms with van der Waals surface area (Å²) in [6.45, 7) is 12.1. The second kappa shape index (κ2) is 14.3. The van der Waals surface area contributed by atoms with E-state index in [4.69, 9.17) is 11.6 Å². The third-order valence-electron chi connectivity index (χ3n) is 10.1. The van der Waals surface area contributed by atoms with Gasteiger partial charge in [-0.15, -0.1) is 0 Å². The van der Waals surface area contributed by atoms with E-state index in [2.05, 4.69) is 61.8 Å². The first-order chi connectivity index (χ1) is 23.0. The quantitative estimate of drug-likeness (QED) is 0.133. The van der Waals surface area contributed by atoms with Gasteiger partial charge in [-0.05, 0) is 86.9 Å². The van der Waals surface area contributed by atoms with Crippen molar-refractivity contribution in [1.82, 2.24) is 0 Å². The summed E-state index contributed by atoms with van der Waals surface area (Å²) < 4.78 is 70.0. The van der Waals surface area contributed by atoms with Crippen LogP contribution in [0.2, 0.25) is 0 Å². The maximum Gasteiger partial charge on any atom is 0.264 e. The summed E-state index contributed by atoms with van der Waals surface area (Å²) in [5.41, 5.74) is 7.44. The average Bonchev–Trinajstić information content (AvgIpc) is 3.38. The normalized spacial score (nSPS) is 20.6. The second-order valence-corrected chi connectivity index (χ2v) is 17.5.